The average Bonchev–Trinajstić information content (AvgIpc) is 3.06. The number of fused-ring (bicyclic) bond motifs is 1. The Morgan fingerprint density at radius 2 is 1.68 bits per heavy atom. The normalized spacial score (nSPS) is 11.6. The number of alkyl halides is 2. The highest BCUT2D eigenvalue weighted by molar-refractivity contribution is 5.85. The third kappa shape index (κ3) is 3.83. The van der Waals surface area contributed by atoms with Crippen molar-refractivity contribution >= 4 is 22.8 Å². The Morgan fingerprint density at radius 1 is 0.968 bits per heavy atom. The Hall–Kier alpha value is -3.82. The summed E-state index contributed by atoms with van der Waals surface area (Å²) < 4.78 is 44.9. The Labute approximate surface area is 175 Å². The fourth-order valence-electron chi connectivity index (χ4n) is 3.41. The van der Waals surface area contributed by atoms with E-state index in [9.17, 15) is 13.2 Å². The maximum Gasteiger partial charge on any atom is 0.387 e. The molecule has 7 nitrogen and oxygen atoms in total. The highest BCUT2D eigenvalue weighted by atomic mass is 19.3. The van der Waals surface area contributed by atoms with E-state index < -0.39 is 12.4 Å². The molecule has 0 radical (unpaired) electrons. The zero-order valence-electron chi connectivity index (χ0n) is 16.7. The van der Waals surface area contributed by atoms with Gasteiger partial charge in [-0.3, -0.25) is 4.57 Å². The van der Waals surface area contributed by atoms with Gasteiger partial charge in [-0.15, -0.1) is 0 Å². The standard InChI is InChI=1S/C21H19F3N6O/c1-10(2)18-27-14-9-12(22)5-8-15(14)30(18)19-16(17(25)28-21(26)29-19)11-3-6-13(7-4-11)31-20(23)24/h3-10,20H,1-2H3,(H4,25,26,28,29). The number of aromatic nitrogens is 4. The maximum absolute atomic E-state index is 13.8. The topological polar surface area (TPSA) is 105 Å². The van der Waals surface area contributed by atoms with Crippen LogP contribution in [0.25, 0.3) is 28.0 Å². The van der Waals surface area contributed by atoms with E-state index in [-0.39, 0.29) is 23.4 Å². The quantitative estimate of drug-likeness (QED) is 0.485. The van der Waals surface area contributed by atoms with Crippen molar-refractivity contribution in [1.29, 1.82) is 0 Å². The smallest absolute Gasteiger partial charge is 0.387 e. The van der Waals surface area contributed by atoms with Crippen LogP contribution in [0, 0.1) is 5.82 Å². The zero-order valence-corrected chi connectivity index (χ0v) is 16.7. The molecular weight excluding hydrogens is 409 g/mol. The van der Waals surface area contributed by atoms with Crippen molar-refractivity contribution in [3.8, 4) is 22.7 Å². The SMILES string of the molecule is CC(C)c1nc2cc(F)ccc2n1-c1nc(N)nc(N)c1-c1ccc(OC(F)F)cc1. The molecule has 10 heteroatoms. The van der Waals surface area contributed by atoms with Crippen LogP contribution in [0.5, 0.6) is 5.75 Å². The second-order valence-electron chi connectivity index (χ2n) is 7.16. The number of hydrogen-bond donors (Lipinski definition) is 2. The fraction of sp³-hybridized carbons (Fsp3) is 0.190. The number of benzene rings is 2. The molecule has 0 aliphatic heterocycles. The van der Waals surface area contributed by atoms with Crippen LogP contribution < -0.4 is 16.2 Å². The summed E-state index contributed by atoms with van der Waals surface area (Å²) in [6.45, 7) is 0.952. The zero-order chi connectivity index (χ0) is 22.3. The summed E-state index contributed by atoms with van der Waals surface area (Å²) in [4.78, 5) is 13.0. The van der Waals surface area contributed by atoms with E-state index in [0.717, 1.165) is 0 Å². The number of ether oxygens (including phenoxy) is 1. The minimum atomic E-state index is -2.93. The monoisotopic (exact) mass is 428 g/mol. The highest BCUT2D eigenvalue weighted by Gasteiger charge is 2.22. The lowest BCUT2D eigenvalue weighted by Crippen LogP contribution is -2.12. The second-order valence-corrected chi connectivity index (χ2v) is 7.16. The van der Waals surface area contributed by atoms with Crippen LogP contribution in [0.15, 0.2) is 42.5 Å². The van der Waals surface area contributed by atoms with Crippen molar-refractivity contribution in [2.24, 2.45) is 0 Å². The van der Waals surface area contributed by atoms with E-state index in [2.05, 4.69) is 19.7 Å². The third-order valence-corrected chi connectivity index (χ3v) is 4.67. The summed E-state index contributed by atoms with van der Waals surface area (Å²) in [6.07, 6.45) is 0. The van der Waals surface area contributed by atoms with E-state index in [4.69, 9.17) is 11.5 Å². The lowest BCUT2D eigenvalue weighted by molar-refractivity contribution is -0.0498. The van der Waals surface area contributed by atoms with Crippen molar-refractivity contribution < 1.29 is 17.9 Å². The molecule has 160 valence electrons. The van der Waals surface area contributed by atoms with E-state index in [1.54, 1.807) is 22.8 Å². The molecular formula is C21H19F3N6O. The molecule has 0 bridgehead atoms. The highest BCUT2D eigenvalue weighted by Crippen LogP contribution is 2.36. The van der Waals surface area contributed by atoms with Gasteiger partial charge in [0.1, 0.15) is 23.2 Å². The van der Waals surface area contributed by atoms with Crippen molar-refractivity contribution in [1.82, 2.24) is 19.5 Å². The molecule has 0 aliphatic carbocycles. The number of halogens is 3. The molecule has 4 rings (SSSR count). The molecule has 0 spiro atoms. The first-order valence-electron chi connectivity index (χ1n) is 9.41. The first-order chi connectivity index (χ1) is 14.7. The molecule has 31 heavy (non-hydrogen) atoms. The van der Waals surface area contributed by atoms with Gasteiger partial charge in [-0.1, -0.05) is 26.0 Å². The maximum atomic E-state index is 13.8. The van der Waals surface area contributed by atoms with Gasteiger partial charge in [-0.05, 0) is 29.8 Å². The van der Waals surface area contributed by atoms with E-state index >= 15 is 0 Å². The minimum Gasteiger partial charge on any atom is -0.435 e. The van der Waals surface area contributed by atoms with Crippen LogP contribution in [0.2, 0.25) is 0 Å². The Morgan fingerprint density at radius 3 is 2.32 bits per heavy atom. The number of rotatable bonds is 5. The van der Waals surface area contributed by atoms with E-state index in [0.29, 0.717) is 33.8 Å². The van der Waals surface area contributed by atoms with Crippen molar-refractivity contribution in [2.75, 3.05) is 11.5 Å². The summed E-state index contributed by atoms with van der Waals surface area (Å²) in [7, 11) is 0. The lowest BCUT2D eigenvalue weighted by atomic mass is 10.1. The van der Waals surface area contributed by atoms with Crippen LogP contribution in [0.1, 0.15) is 25.6 Å². The molecule has 2 aromatic heterocycles. The predicted molar refractivity (Wildman–Crippen MR) is 112 cm³/mol. The molecule has 0 saturated heterocycles. The van der Waals surface area contributed by atoms with Gasteiger partial charge in [0.25, 0.3) is 0 Å². The Balaban J connectivity index is 1.98. The van der Waals surface area contributed by atoms with Crippen LogP contribution in [-0.4, -0.2) is 26.1 Å². The van der Waals surface area contributed by atoms with Gasteiger partial charge < -0.3 is 16.2 Å². The van der Waals surface area contributed by atoms with Gasteiger partial charge in [0.2, 0.25) is 5.95 Å². The van der Waals surface area contributed by atoms with Crippen molar-refractivity contribution in [3.63, 3.8) is 0 Å². The van der Waals surface area contributed by atoms with Gasteiger partial charge in [-0.2, -0.15) is 18.7 Å². The Kier molecular flexibility index (Phi) is 5.14. The third-order valence-electron chi connectivity index (χ3n) is 4.67. The van der Waals surface area contributed by atoms with Crippen LogP contribution in [0.4, 0.5) is 24.9 Å². The molecule has 0 amide bonds. The predicted octanol–water partition coefficient (Wildman–Crippen LogP) is 4.51. The number of nitrogens with two attached hydrogens (primary N) is 2. The van der Waals surface area contributed by atoms with Crippen LogP contribution in [0.3, 0.4) is 0 Å². The van der Waals surface area contributed by atoms with Crippen molar-refractivity contribution in [2.45, 2.75) is 26.4 Å². The molecule has 0 atom stereocenters. The Bertz CT molecular complexity index is 1250. The molecule has 2 aromatic carbocycles. The van der Waals surface area contributed by atoms with Crippen molar-refractivity contribution in [3.05, 3.63) is 54.1 Å². The number of nitrogens with zero attached hydrogens (tertiary/aromatic N) is 4. The van der Waals surface area contributed by atoms with Gasteiger partial charge in [0.05, 0.1) is 16.6 Å². The summed E-state index contributed by atoms with van der Waals surface area (Å²) >= 11 is 0. The fourth-order valence-corrected chi connectivity index (χ4v) is 3.41. The molecule has 0 aliphatic rings. The van der Waals surface area contributed by atoms with Crippen LogP contribution in [-0.2, 0) is 0 Å². The number of imidazole rings is 1. The largest absolute Gasteiger partial charge is 0.435 e. The molecule has 0 unspecified atom stereocenters. The molecule has 0 fully saturated rings. The van der Waals surface area contributed by atoms with Gasteiger partial charge in [0.15, 0.2) is 5.82 Å². The molecule has 4 N–H and O–H groups in total. The van der Waals surface area contributed by atoms with Gasteiger partial charge >= 0.3 is 6.61 Å². The summed E-state index contributed by atoms with van der Waals surface area (Å²) in [6, 6.07) is 10.2. The molecule has 2 heterocycles. The number of anilines is 2. The summed E-state index contributed by atoms with van der Waals surface area (Å²) in [5.74, 6) is 0.576. The van der Waals surface area contributed by atoms with E-state index in [1.807, 2.05) is 13.8 Å². The molecule has 4 aromatic rings. The number of hydrogen-bond acceptors (Lipinski definition) is 6. The average molecular weight is 428 g/mol. The van der Waals surface area contributed by atoms with Gasteiger partial charge in [0, 0.05) is 12.0 Å². The lowest BCUT2D eigenvalue weighted by Gasteiger charge is -2.17. The minimum absolute atomic E-state index is 0.00154. The molecule has 0 saturated carbocycles. The second kappa shape index (κ2) is 7.78. The van der Waals surface area contributed by atoms with Crippen LogP contribution >= 0.6 is 0 Å². The number of nitrogen functional groups attached to an aromatic ring is 2. The van der Waals surface area contributed by atoms with E-state index in [1.165, 1.54) is 24.3 Å². The first-order valence-corrected chi connectivity index (χ1v) is 9.41. The summed E-state index contributed by atoms with van der Waals surface area (Å²) in [5, 5.41) is 0. The summed E-state index contributed by atoms with van der Waals surface area (Å²) in [5.41, 5.74) is 14.1. The first kappa shape index (κ1) is 20.5. The van der Waals surface area contributed by atoms with Gasteiger partial charge in [-0.25, -0.2) is 9.37 Å².